The van der Waals surface area contributed by atoms with Crippen molar-refractivity contribution in [3.8, 4) is 11.5 Å². The highest BCUT2D eigenvalue weighted by molar-refractivity contribution is 7.10. The van der Waals surface area contributed by atoms with Crippen LogP contribution in [0, 0.1) is 13.8 Å². The van der Waals surface area contributed by atoms with Crippen LogP contribution in [0.15, 0.2) is 40.1 Å². The Morgan fingerprint density at radius 2 is 2.09 bits per heavy atom. The lowest BCUT2D eigenvalue weighted by molar-refractivity contribution is -0.115. The summed E-state index contributed by atoms with van der Waals surface area (Å²) in [7, 11) is 0. The van der Waals surface area contributed by atoms with Crippen LogP contribution in [0.5, 0.6) is 0 Å². The Morgan fingerprint density at radius 1 is 1.23 bits per heavy atom. The minimum atomic E-state index is -0.169. The van der Waals surface area contributed by atoms with E-state index in [0.29, 0.717) is 12.3 Å². The lowest BCUT2D eigenvalue weighted by Gasteiger charge is -2.01. The van der Waals surface area contributed by atoms with Gasteiger partial charge in [0.1, 0.15) is 0 Å². The quantitative estimate of drug-likeness (QED) is 0.799. The molecule has 3 aromatic rings. The molecule has 0 aliphatic carbocycles. The second kappa shape index (κ2) is 6.11. The number of carbonyl (C=O) groups excluding carboxylic acids is 1. The number of hydrogen-bond donors (Lipinski definition) is 1. The summed E-state index contributed by atoms with van der Waals surface area (Å²) in [5, 5.41) is 12.4. The molecule has 0 bridgehead atoms. The largest absolute Gasteiger partial charge is 0.403 e. The van der Waals surface area contributed by atoms with Gasteiger partial charge >= 0.3 is 6.01 Å². The number of aryl methyl sites for hydroxylation is 2. The zero-order valence-corrected chi connectivity index (χ0v) is 13.1. The van der Waals surface area contributed by atoms with E-state index in [2.05, 4.69) is 15.5 Å². The molecule has 3 rings (SSSR count). The third-order valence-corrected chi connectivity index (χ3v) is 4.22. The van der Waals surface area contributed by atoms with E-state index < -0.39 is 0 Å². The van der Waals surface area contributed by atoms with Gasteiger partial charge in [0.15, 0.2) is 0 Å². The number of carbonyl (C=O) groups is 1. The number of rotatable bonds is 4. The van der Waals surface area contributed by atoms with Crippen LogP contribution in [-0.4, -0.2) is 16.1 Å². The summed E-state index contributed by atoms with van der Waals surface area (Å²) in [6.45, 7) is 4.07. The molecule has 112 valence electrons. The van der Waals surface area contributed by atoms with Crippen LogP contribution < -0.4 is 5.32 Å². The van der Waals surface area contributed by atoms with E-state index >= 15 is 0 Å². The first-order valence-corrected chi connectivity index (χ1v) is 7.73. The van der Waals surface area contributed by atoms with Crippen LogP contribution in [0.4, 0.5) is 6.01 Å². The highest BCUT2D eigenvalue weighted by atomic mass is 32.1. The predicted octanol–water partition coefficient (Wildman–Crippen LogP) is 3.60. The Labute approximate surface area is 132 Å². The second-order valence-electron chi connectivity index (χ2n) is 5.02. The number of thiophene rings is 1. The van der Waals surface area contributed by atoms with Crippen molar-refractivity contribution in [3.05, 3.63) is 51.7 Å². The molecule has 2 aromatic heterocycles. The first-order chi connectivity index (χ1) is 10.6. The molecule has 2 heterocycles. The minimum Gasteiger partial charge on any atom is -0.403 e. The van der Waals surface area contributed by atoms with E-state index in [9.17, 15) is 4.79 Å². The third-order valence-electron chi connectivity index (χ3n) is 3.34. The van der Waals surface area contributed by atoms with Gasteiger partial charge in [-0.25, -0.2) is 0 Å². The summed E-state index contributed by atoms with van der Waals surface area (Å²) in [6.07, 6.45) is 0.305. The van der Waals surface area contributed by atoms with Crippen molar-refractivity contribution in [1.82, 2.24) is 10.2 Å². The normalized spacial score (nSPS) is 10.6. The maximum Gasteiger partial charge on any atom is 0.322 e. The number of benzene rings is 1. The molecule has 0 aliphatic rings. The lowest BCUT2D eigenvalue weighted by atomic mass is 10.1. The zero-order valence-electron chi connectivity index (χ0n) is 12.3. The second-order valence-corrected chi connectivity index (χ2v) is 6.05. The molecule has 0 fully saturated rings. The van der Waals surface area contributed by atoms with Gasteiger partial charge in [0.05, 0.1) is 6.42 Å². The van der Waals surface area contributed by atoms with Gasteiger partial charge in [-0.2, -0.15) is 0 Å². The van der Waals surface area contributed by atoms with Gasteiger partial charge in [-0.3, -0.25) is 10.1 Å². The van der Waals surface area contributed by atoms with Gasteiger partial charge in [-0.15, -0.1) is 16.4 Å². The van der Waals surface area contributed by atoms with Gasteiger partial charge in [0, 0.05) is 10.4 Å². The molecule has 0 aliphatic heterocycles. The van der Waals surface area contributed by atoms with Crippen molar-refractivity contribution >= 4 is 23.3 Å². The van der Waals surface area contributed by atoms with E-state index in [1.807, 2.05) is 49.6 Å². The Hall–Kier alpha value is -2.47. The summed E-state index contributed by atoms with van der Waals surface area (Å²) < 4.78 is 5.50. The van der Waals surface area contributed by atoms with Crippen LogP contribution in [0.3, 0.4) is 0 Å². The molecule has 0 spiro atoms. The minimum absolute atomic E-state index is 0.120. The van der Waals surface area contributed by atoms with Crippen molar-refractivity contribution in [2.45, 2.75) is 20.3 Å². The van der Waals surface area contributed by atoms with Crippen molar-refractivity contribution in [2.75, 3.05) is 5.32 Å². The van der Waals surface area contributed by atoms with Crippen LogP contribution in [0.1, 0.15) is 16.0 Å². The average molecular weight is 313 g/mol. The van der Waals surface area contributed by atoms with E-state index in [1.54, 1.807) is 0 Å². The number of nitrogens with one attached hydrogen (secondary N) is 1. The first kappa shape index (κ1) is 14.5. The standard InChI is InChI=1S/C16H15N3O2S/c1-10-5-6-12(8-11(10)2)15-18-19-16(21-15)17-14(20)9-13-4-3-7-22-13/h3-8H,9H2,1-2H3,(H,17,19,20). The summed E-state index contributed by atoms with van der Waals surface area (Å²) in [5.41, 5.74) is 3.20. The fourth-order valence-corrected chi connectivity index (χ4v) is 2.70. The molecule has 0 radical (unpaired) electrons. The number of nitrogens with zero attached hydrogens (tertiary/aromatic N) is 2. The summed E-state index contributed by atoms with van der Waals surface area (Å²) in [5.74, 6) is 0.229. The number of aromatic nitrogens is 2. The topological polar surface area (TPSA) is 68.0 Å². The monoisotopic (exact) mass is 313 g/mol. The van der Waals surface area contributed by atoms with Crippen LogP contribution >= 0.6 is 11.3 Å². The third kappa shape index (κ3) is 3.23. The molecule has 1 amide bonds. The van der Waals surface area contributed by atoms with E-state index in [0.717, 1.165) is 16.0 Å². The molecule has 0 unspecified atom stereocenters. The van der Waals surface area contributed by atoms with Crippen LogP contribution in [-0.2, 0) is 11.2 Å². The SMILES string of the molecule is Cc1ccc(-c2nnc(NC(=O)Cc3cccs3)o2)cc1C. The van der Waals surface area contributed by atoms with Crippen LogP contribution in [0.2, 0.25) is 0 Å². The van der Waals surface area contributed by atoms with Crippen molar-refractivity contribution in [1.29, 1.82) is 0 Å². The Bertz CT molecular complexity index is 794. The van der Waals surface area contributed by atoms with Gasteiger partial charge in [-0.1, -0.05) is 17.2 Å². The van der Waals surface area contributed by atoms with Crippen molar-refractivity contribution in [2.24, 2.45) is 0 Å². The van der Waals surface area contributed by atoms with Crippen molar-refractivity contribution in [3.63, 3.8) is 0 Å². The number of hydrogen-bond acceptors (Lipinski definition) is 5. The van der Waals surface area contributed by atoms with Gasteiger partial charge < -0.3 is 4.42 Å². The highest BCUT2D eigenvalue weighted by Crippen LogP contribution is 2.22. The van der Waals surface area contributed by atoms with Gasteiger partial charge in [0.25, 0.3) is 0 Å². The fourth-order valence-electron chi connectivity index (χ4n) is 2.00. The lowest BCUT2D eigenvalue weighted by Crippen LogP contribution is -2.13. The van der Waals surface area contributed by atoms with E-state index in [4.69, 9.17) is 4.42 Å². The molecule has 6 heteroatoms. The first-order valence-electron chi connectivity index (χ1n) is 6.85. The van der Waals surface area contributed by atoms with Crippen molar-refractivity contribution < 1.29 is 9.21 Å². The molecule has 0 atom stereocenters. The van der Waals surface area contributed by atoms with Gasteiger partial charge in [0.2, 0.25) is 11.8 Å². The molecular weight excluding hydrogens is 298 g/mol. The highest BCUT2D eigenvalue weighted by Gasteiger charge is 2.12. The molecule has 1 aromatic carbocycles. The summed E-state index contributed by atoms with van der Waals surface area (Å²) in [6, 6.07) is 9.86. The van der Waals surface area contributed by atoms with Gasteiger partial charge in [-0.05, 0) is 48.6 Å². The Morgan fingerprint density at radius 3 is 2.82 bits per heavy atom. The van der Waals surface area contributed by atoms with Crippen LogP contribution in [0.25, 0.3) is 11.5 Å². The maximum atomic E-state index is 11.9. The zero-order chi connectivity index (χ0) is 15.5. The fraction of sp³-hybridized carbons (Fsp3) is 0.188. The molecule has 1 N–H and O–H groups in total. The Balaban J connectivity index is 1.70. The molecule has 22 heavy (non-hydrogen) atoms. The maximum absolute atomic E-state index is 11.9. The number of anilines is 1. The Kier molecular flexibility index (Phi) is 4.02. The molecule has 0 saturated carbocycles. The summed E-state index contributed by atoms with van der Waals surface area (Å²) >= 11 is 1.54. The predicted molar refractivity (Wildman–Crippen MR) is 85.9 cm³/mol. The molecule has 5 nitrogen and oxygen atoms in total. The molecule has 0 saturated heterocycles. The van der Waals surface area contributed by atoms with E-state index in [1.165, 1.54) is 16.9 Å². The smallest absolute Gasteiger partial charge is 0.322 e. The number of amides is 1. The molecular formula is C16H15N3O2S. The average Bonchev–Trinajstić information content (AvgIpc) is 3.13. The summed E-state index contributed by atoms with van der Waals surface area (Å²) in [4.78, 5) is 12.9. The van der Waals surface area contributed by atoms with E-state index in [-0.39, 0.29) is 11.9 Å².